The van der Waals surface area contributed by atoms with Gasteiger partial charge in [-0.15, -0.1) is 0 Å². The molecule has 0 spiro atoms. The van der Waals surface area contributed by atoms with Crippen LogP contribution in [0.5, 0.6) is 0 Å². The molecule has 0 N–H and O–H groups in total. The fourth-order valence-electron chi connectivity index (χ4n) is 2.97. The predicted octanol–water partition coefficient (Wildman–Crippen LogP) is 4.73. The summed E-state index contributed by atoms with van der Waals surface area (Å²) in [5, 5.41) is 0. The highest BCUT2D eigenvalue weighted by Gasteiger charge is 2.45. The number of alkyl halides is 6. The summed E-state index contributed by atoms with van der Waals surface area (Å²) in [6.07, 6.45) is -10.5. The number of halogens is 6. The van der Waals surface area contributed by atoms with Crippen molar-refractivity contribution in [2.75, 3.05) is 4.90 Å². The maximum atomic E-state index is 13.4. The average Bonchev–Trinajstić information content (AvgIpc) is 2.83. The van der Waals surface area contributed by atoms with Gasteiger partial charge in [-0.1, -0.05) is 12.1 Å². The van der Waals surface area contributed by atoms with Gasteiger partial charge in [0.25, 0.3) is 11.8 Å². The van der Waals surface area contributed by atoms with Gasteiger partial charge in [-0.2, -0.15) is 26.3 Å². The highest BCUT2D eigenvalue weighted by Crippen LogP contribution is 2.43. The first-order chi connectivity index (χ1) is 12.8. The van der Waals surface area contributed by atoms with Crippen LogP contribution in [-0.2, 0) is 12.4 Å². The van der Waals surface area contributed by atoms with E-state index < -0.39 is 52.3 Å². The summed E-state index contributed by atoms with van der Waals surface area (Å²) in [5.41, 5.74) is -6.23. The van der Waals surface area contributed by atoms with Crippen molar-refractivity contribution in [3.8, 4) is 0 Å². The van der Waals surface area contributed by atoms with Gasteiger partial charge in [0.1, 0.15) is 0 Å². The van der Waals surface area contributed by atoms with E-state index in [1.54, 1.807) is 0 Å². The molecule has 2 amide bonds. The fraction of sp³-hybridized carbons (Fsp3) is 0.167. The Morgan fingerprint density at radius 2 is 1.36 bits per heavy atom. The van der Waals surface area contributed by atoms with Crippen molar-refractivity contribution in [1.29, 1.82) is 0 Å². The standard InChI is InChI=1S/C18H9F6NO3/c1-8(26)14-12(18(22,23)24)6-9(17(19,20)21)7-13(14)25-15(27)10-4-2-3-5-11(10)16(25)28/h2-7H,1H3. The largest absolute Gasteiger partial charge is 0.417 e. The van der Waals surface area contributed by atoms with Gasteiger partial charge in [-0.25, -0.2) is 4.90 Å². The number of imide groups is 1. The Balaban J connectivity index is 2.36. The minimum absolute atomic E-state index is 0.172. The number of ketones is 1. The van der Waals surface area contributed by atoms with Crippen molar-refractivity contribution in [1.82, 2.24) is 0 Å². The zero-order chi connectivity index (χ0) is 21.0. The number of nitrogens with zero attached hydrogens (tertiary/aromatic N) is 1. The fourth-order valence-corrected chi connectivity index (χ4v) is 2.97. The second kappa shape index (κ2) is 6.18. The van der Waals surface area contributed by atoms with Crippen LogP contribution in [-0.4, -0.2) is 17.6 Å². The molecule has 0 radical (unpaired) electrons. The van der Waals surface area contributed by atoms with Crippen LogP contribution in [0.3, 0.4) is 0 Å². The van der Waals surface area contributed by atoms with Crippen LogP contribution in [0, 0.1) is 0 Å². The van der Waals surface area contributed by atoms with Gasteiger partial charge in [-0.05, 0) is 31.2 Å². The van der Waals surface area contributed by atoms with Gasteiger partial charge in [0, 0.05) is 0 Å². The Bertz CT molecular complexity index is 988. The molecule has 3 rings (SSSR count). The molecule has 1 aliphatic heterocycles. The van der Waals surface area contributed by atoms with Gasteiger partial charge in [0.2, 0.25) is 0 Å². The number of rotatable bonds is 2. The summed E-state index contributed by atoms with van der Waals surface area (Å²) >= 11 is 0. The van der Waals surface area contributed by atoms with E-state index in [-0.39, 0.29) is 28.2 Å². The van der Waals surface area contributed by atoms with E-state index >= 15 is 0 Å². The maximum Gasteiger partial charge on any atom is 0.417 e. The molecule has 2 aromatic carbocycles. The number of carbonyl (C=O) groups is 3. The van der Waals surface area contributed by atoms with Crippen LogP contribution >= 0.6 is 0 Å². The molecule has 4 nitrogen and oxygen atoms in total. The molecular weight excluding hydrogens is 392 g/mol. The van der Waals surface area contributed by atoms with Crippen LogP contribution in [0.1, 0.15) is 49.1 Å². The predicted molar refractivity (Wildman–Crippen MR) is 84.0 cm³/mol. The van der Waals surface area contributed by atoms with Gasteiger partial charge >= 0.3 is 12.4 Å². The summed E-state index contributed by atoms with van der Waals surface area (Å²) in [5.74, 6) is -3.47. The first-order valence-electron chi connectivity index (χ1n) is 7.65. The van der Waals surface area contributed by atoms with Crippen LogP contribution in [0.2, 0.25) is 0 Å². The zero-order valence-electron chi connectivity index (χ0n) is 13.9. The van der Waals surface area contributed by atoms with Crippen molar-refractivity contribution < 1.29 is 40.7 Å². The van der Waals surface area contributed by atoms with E-state index in [1.807, 2.05) is 0 Å². The summed E-state index contributed by atoms with van der Waals surface area (Å²) in [6.45, 7) is 0.708. The molecule has 0 aliphatic carbocycles. The lowest BCUT2D eigenvalue weighted by Gasteiger charge is -2.23. The van der Waals surface area contributed by atoms with Gasteiger partial charge in [0.05, 0.1) is 33.5 Å². The molecule has 0 unspecified atom stereocenters. The van der Waals surface area contributed by atoms with Crippen LogP contribution in [0.4, 0.5) is 32.0 Å². The second-order valence-electron chi connectivity index (χ2n) is 5.96. The number of carbonyl (C=O) groups excluding carboxylic acids is 3. The number of hydrogen-bond acceptors (Lipinski definition) is 3. The third kappa shape index (κ3) is 3.04. The molecule has 0 fully saturated rings. The molecule has 0 aromatic heterocycles. The Morgan fingerprint density at radius 1 is 0.857 bits per heavy atom. The number of fused-ring (bicyclic) bond motifs is 1. The van der Waals surface area contributed by atoms with Crippen molar-refractivity contribution in [2.24, 2.45) is 0 Å². The molecule has 28 heavy (non-hydrogen) atoms. The number of benzene rings is 2. The molecular formula is C18H9F6NO3. The SMILES string of the molecule is CC(=O)c1c(N2C(=O)c3ccccc3C2=O)cc(C(F)(F)F)cc1C(F)(F)F. The molecule has 1 heterocycles. The lowest BCUT2D eigenvalue weighted by Crippen LogP contribution is -2.32. The number of anilines is 1. The third-order valence-corrected chi connectivity index (χ3v) is 4.14. The molecule has 1 aliphatic rings. The van der Waals surface area contributed by atoms with E-state index in [4.69, 9.17) is 0 Å². The summed E-state index contributed by atoms with van der Waals surface area (Å²) < 4.78 is 79.7. The third-order valence-electron chi connectivity index (χ3n) is 4.14. The van der Waals surface area contributed by atoms with Crippen molar-refractivity contribution >= 4 is 23.3 Å². The van der Waals surface area contributed by atoms with Crippen LogP contribution in [0.25, 0.3) is 0 Å². The molecule has 0 saturated carbocycles. The summed E-state index contributed by atoms with van der Waals surface area (Å²) in [6, 6.07) is 5.17. The van der Waals surface area contributed by atoms with Crippen LogP contribution < -0.4 is 4.90 Å². The average molecular weight is 401 g/mol. The summed E-state index contributed by atoms with van der Waals surface area (Å²) in [4.78, 5) is 37.2. The number of hydrogen-bond donors (Lipinski definition) is 0. The van der Waals surface area contributed by atoms with Crippen LogP contribution in [0.15, 0.2) is 36.4 Å². The van der Waals surface area contributed by atoms with Gasteiger partial charge in [0.15, 0.2) is 5.78 Å². The number of amides is 2. The molecule has 0 bridgehead atoms. The van der Waals surface area contributed by atoms with Crippen molar-refractivity contribution in [3.05, 3.63) is 64.2 Å². The Hall–Kier alpha value is -3.17. The van der Waals surface area contributed by atoms with E-state index in [9.17, 15) is 40.7 Å². The zero-order valence-corrected chi connectivity index (χ0v) is 13.9. The topological polar surface area (TPSA) is 54.5 Å². The van der Waals surface area contributed by atoms with Crippen molar-refractivity contribution in [3.63, 3.8) is 0 Å². The molecule has 0 atom stereocenters. The van der Waals surface area contributed by atoms with E-state index in [1.165, 1.54) is 24.3 Å². The molecule has 146 valence electrons. The van der Waals surface area contributed by atoms with Gasteiger partial charge in [-0.3, -0.25) is 14.4 Å². The quantitative estimate of drug-likeness (QED) is 0.416. The van der Waals surface area contributed by atoms with E-state index in [0.29, 0.717) is 6.92 Å². The molecule has 10 heteroatoms. The smallest absolute Gasteiger partial charge is 0.294 e. The first-order valence-corrected chi connectivity index (χ1v) is 7.65. The monoisotopic (exact) mass is 401 g/mol. The van der Waals surface area contributed by atoms with E-state index in [2.05, 4.69) is 0 Å². The Labute approximate surface area is 153 Å². The minimum Gasteiger partial charge on any atom is -0.294 e. The highest BCUT2D eigenvalue weighted by atomic mass is 19.4. The Kier molecular flexibility index (Phi) is 4.32. The van der Waals surface area contributed by atoms with Crippen molar-refractivity contribution in [2.45, 2.75) is 19.3 Å². The highest BCUT2D eigenvalue weighted by molar-refractivity contribution is 6.35. The minimum atomic E-state index is -5.32. The van der Waals surface area contributed by atoms with E-state index in [0.717, 1.165) is 0 Å². The number of Topliss-reactive ketones (excluding diaryl/α,β-unsaturated/α-hetero) is 1. The second-order valence-corrected chi connectivity index (χ2v) is 5.96. The molecule has 2 aromatic rings. The Morgan fingerprint density at radius 3 is 1.75 bits per heavy atom. The maximum absolute atomic E-state index is 13.4. The first kappa shape index (κ1) is 19.6. The molecule has 0 saturated heterocycles. The lowest BCUT2D eigenvalue weighted by molar-refractivity contribution is -0.143. The van der Waals surface area contributed by atoms with Gasteiger partial charge < -0.3 is 0 Å². The lowest BCUT2D eigenvalue weighted by atomic mass is 9.97. The summed E-state index contributed by atoms with van der Waals surface area (Å²) in [7, 11) is 0. The normalized spacial score (nSPS) is 14.5.